The van der Waals surface area contributed by atoms with E-state index in [1.54, 1.807) is 0 Å². The Morgan fingerprint density at radius 2 is 1.94 bits per heavy atom. The van der Waals surface area contributed by atoms with Crippen molar-refractivity contribution in [3.63, 3.8) is 0 Å². The van der Waals surface area contributed by atoms with Crippen molar-refractivity contribution in [2.75, 3.05) is 13.2 Å². The van der Waals surface area contributed by atoms with Gasteiger partial charge in [0.2, 0.25) is 0 Å². The maximum Gasteiger partial charge on any atom is 0.0767 e. The summed E-state index contributed by atoms with van der Waals surface area (Å²) < 4.78 is 2.83. The average Bonchev–Trinajstić information content (AvgIpc) is 2.67. The number of nitrogens with zero attached hydrogens (tertiary/aromatic N) is 2. The molecule has 0 spiro atoms. The van der Waals surface area contributed by atoms with Crippen LogP contribution in [0.3, 0.4) is 0 Å². The second-order valence-corrected chi connectivity index (χ2v) is 5.28. The van der Waals surface area contributed by atoms with Gasteiger partial charge in [0.15, 0.2) is 0 Å². The number of rotatable bonds is 7. The first-order chi connectivity index (χ1) is 8.53. The fraction of sp³-hybridized carbons (Fsp3) is 0.750. The summed E-state index contributed by atoms with van der Waals surface area (Å²) in [4.78, 5) is 0. The minimum atomic E-state index is -0.629. The van der Waals surface area contributed by atoms with E-state index in [2.05, 4.69) is 33.3 Å². The summed E-state index contributed by atoms with van der Waals surface area (Å²) >= 11 is 3.55. The van der Waals surface area contributed by atoms with Crippen molar-refractivity contribution in [1.29, 1.82) is 0 Å². The number of halogens is 1. The number of aliphatic hydroxyl groups is 2. The van der Waals surface area contributed by atoms with E-state index in [0.717, 1.165) is 22.3 Å². The first-order valence-electron chi connectivity index (χ1n) is 6.20. The molecule has 1 aromatic rings. The Kier molecular flexibility index (Phi) is 5.78. The smallest absolute Gasteiger partial charge is 0.0767 e. The van der Waals surface area contributed by atoms with E-state index in [-0.39, 0.29) is 13.2 Å². The van der Waals surface area contributed by atoms with Crippen molar-refractivity contribution in [3.05, 3.63) is 15.9 Å². The van der Waals surface area contributed by atoms with E-state index in [0.29, 0.717) is 13.0 Å². The molecule has 1 heterocycles. The Bertz CT molecular complexity index is 381. The van der Waals surface area contributed by atoms with Gasteiger partial charge in [-0.3, -0.25) is 4.68 Å². The third-order valence-electron chi connectivity index (χ3n) is 3.42. The molecule has 0 unspecified atom stereocenters. The summed E-state index contributed by atoms with van der Waals surface area (Å²) in [6.07, 6.45) is 1.53. The van der Waals surface area contributed by atoms with E-state index < -0.39 is 5.54 Å². The minimum absolute atomic E-state index is 0.0872. The lowest BCUT2D eigenvalue weighted by molar-refractivity contribution is 0.0858. The van der Waals surface area contributed by atoms with Crippen molar-refractivity contribution in [2.45, 2.75) is 38.8 Å². The lowest BCUT2D eigenvalue weighted by Crippen LogP contribution is -2.51. The molecule has 0 amide bonds. The molecule has 104 valence electrons. The molecule has 1 rings (SSSR count). The molecular formula is C12H22BrN3O2. The van der Waals surface area contributed by atoms with Crippen LogP contribution in [0.25, 0.3) is 0 Å². The van der Waals surface area contributed by atoms with E-state index >= 15 is 0 Å². The number of hydrogen-bond donors (Lipinski definition) is 3. The fourth-order valence-corrected chi connectivity index (χ4v) is 2.55. The molecule has 6 heteroatoms. The lowest BCUT2D eigenvalue weighted by Gasteiger charge is -2.29. The molecule has 0 saturated heterocycles. The summed E-state index contributed by atoms with van der Waals surface area (Å²) in [5.41, 5.74) is 1.41. The number of hydrogen-bond acceptors (Lipinski definition) is 4. The first kappa shape index (κ1) is 15.6. The van der Waals surface area contributed by atoms with Gasteiger partial charge < -0.3 is 15.5 Å². The largest absolute Gasteiger partial charge is 0.394 e. The van der Waals surface area contributed by atoms with E-state index in [9.17, 15) is 10.2 Å². The monoisotopic (exact) mass is 319 g/mol. The normalized spacial score (nSPS) is 12.1. The van der Waals surface area contributed by atoms with Crippen LogP contribution < -0.4 is 5.32 Å². The standard InChI is InChI=1S/C12H22BrN3O2/c1-4-9-11(13)10(16(3)15-9)6-14-12(5-2,7-17)8-18/h14,17-18H,4-8H2,1-3H3. The lowest BCUT2D eigenvalue weighted by atomic mass is 9.98. The third-order valence-corrected chi connectivity index (χ3v) is 4.33. The molecule has 3 N–H and O–H groups in total. The average molecular weight is 320 g/mol. The molecule has 18 heavy (non-hydrogen) atoms. The molecular weight excluding hydrogens is 298 g/mol. The van der Waals surface area contributed by atoms with Gasteiger partial charge >= 0.3 is 0 Å². The van der Waals surface area contributed by atoms with Crippen LogP contribution in [0.5, 0.6) is 0 Å². The van der Waals surface area contributed by atoms with Crippen molar-refractivity contribution in [1.82, 2.24) is 15.1 Å². The predicted octanol–water partition coefficient (Wildman–Crippen LogP) is 0.968. The van der Waals surface area contributed by atoms with Gasteiger partial charge in [-0.05, 0) is 28.8 Å². The van der Waals surface area contributed by atoms with Gasteiger partial charge in [0.05, 0.1) is 34.6 Å². The molecule has 0 aliphatic heterocycles. The minimum Gasteiger partial charge on any atom is -0.394 e. The Labute approximate surface area is 116 Å². The van der Waals surface area contributed by atoms with Gasteiger partial charge in [-0.15, -0.1) is 0 Å². The molecule has 0 bridgehead atoms. The quantitative estimate of drug-likeness (QED) is 0.700. The SMILES string of the molecule is CCc1nn(C)c(CNC(CC)(CO)CO)c1Br. The molecule has 0 radical (unpaired) electrons. The summed E-state index contributed by atoms with van der Waals surface area (Å²) in [7, 11) is 1.90. The van der Waals surface area contributed by atoms with Gasteiger partial charge in [0.25, 0.3) is 0 Å². The summed E-state index contributed by atoms with van der Waals surface area (Å²) in [5.74, 6) is 0. The van der Waals surface area contributed by atoms with Gasteiger partial charge in [-0.1, -0.05) is 13.8 Å². The van der Waals surface area contributed by atoms with Gasteiger partial charge in [0.1, 0.15) is 0 Å². The number of aromatic nitrogens is 2. The highest BCUT2D eigenvalue weighted by Crippen LogP contribution is 2.22. The zero-order chi connectivity index (χ0) is 13.8. The van der Waals surface area contributed by atoms with Crippen LogP contribution in [-0.4, -0.2) is 38.7 Å². The van der Waals surface area contributed by atoms with Gasteiger partial charge in [-0.2, -0.15) is 5.10 Å². The van der Waals surface area contributed by atoms with E-state index in [1.165, 1.54) is 0 Å². The second-order valence-electron chi connectivity index (χ2n) is 4.49. The van der Waals surface area contributed by atoms with E-state index in [1.807, 2.05) is 18.7 Å². The highest BCUT2D eigenvalue weighted by Gasteiger charge is 2.26. The Morgan fingerprint density at radius 1 is 1.33 bits per heavy atom. The highest BCUT2D eigenvalue weighted by molar-refractivity contribution is 9.10. The topological polar surface area (TPSA) is 70.3 Å². The molecule has 0 saturated carbocycles. The van der Waals surface area contributed by atoms with Gasteiger partial charge in [-0.25, -0.2) is 0 Å². The molecule has 5 nitrogen and oxygen atoms in total. The maximum absolute atomic E-state index is 9.39. The molecule has 0 aromatic carbocycles. The molecule has 1 aromatic heterocycles. The van der Waals surface area contributed by atoms with Crippen LogP contribution in [0.1, 0.15) is 31.7 Å². The predicted molar refractivity (Wildman–Crippen MR) is 74.3 cm³/mol. The second kappa shape index (κ2) is 6.65. The number of aliphatic hydroxyl groups excluding tert-OH is 2. The Morgan fingerprint density at radius 3 is 2.33 bits per heavy atom. The van der Waals surface area contributed by atoms with Crippen LogP contribution >= 0.6 is 15.9 Å². The highest BCUT2D eigenvalue weighted by atomic mass is 79.9. The fourth-order valence-electron chi connectivity index (χ4n) is 1.79. The van der Waals surface area contributed by atoms with Crippen LogP contribution in [-0.2, 0) is 20.0 Å². The van der Waals surface area contributed by atoms with Crippen LogP contribution in [0.4, 0.5) is 0 Å². The molecule has 0 aliphatic rings. The third kappa shape index (κ3) is 3.12. The zero-order valence-corrected chi connectivity index (χ0v) is 12.8. The summed E-state index contributed by atoms with van der Waals surface area (Å²) in [6.45, 7) is 4.38. The van der Waals surface area contributed by atoms with Crippen LogP contribution in [0, 0.1) is 0 Å². The number of aryl methyl sites for hydroxylation is 2. The Hall–Kier alpha value is -0.430. The van der Waals surface area contributed by atoms with Gasteiger partial charge in [0, 0.05) is 13.6 Å². The summed E-state index contributed by atoms with van der Waals surface area (Å²) in [6, 6.07) is 0. The summed E-state index contributed by atoms with van der Waals surface area (Å²) in [5, 5.41) is 26.4. The maximum atomic E-state index is 9.39. The Balaban J connectivity index is 2.82. The molecule has 0 atom stereocenters. The molecule has 0 aliphatic carbocycles. The van der Waals surface area contributed by atoms with Crippen molar-refractivity contribution >= 4 is 15.9 Å². The van der Waals surface area contributed by atoms with Crippen LogP contribution in [0.2, 0.25) is 0 Å². The molecule has 0 fully saturated rings. The van der Waals surface area contributed by atoms with E-state index in [4.69, 9.17) is 0 Å². The van der Waals surface area contributed by atoms with Crippen LogP contribution in [0.15, 0.2) is 4.47 Å². The number of nitrogens with one attached hydrogen (secondary N) is 1. The van der Waals surface area contributed by atoms with Crippen molar-refractivity contribution in [3.8, 4) is 0 Å². The van der Waals surface area contributed by atoms with Crippen molar-refractivity contribution in [2.24, 2.45) is 7.05 Å². The van der Waals surface area contributed by atoms with Crippen molar-refractivity contribution < 1.29 is 10.2 Å². The zero-order valence-electron chi connectivity index (χ0n) is 11.2. The first-order valence-corrected chi connectivity index (χ1v) is 6.99.